The van der Waals surface area contributed by atoms with Gasteiger partial charge in [0.2, 0.25) is 5.91 Å². The number of aromatic nitrogens is 2. The summed E-state index contributed by atoms with van der Waals surface area (Å²) in [7, 11) is 1.69. The largest absolute Gasteiger partial charge is 0.497 e. The number of methoxy groups -OCH3 is 1. The number of nitrogens with two attached hydrogens (primary N) is 1. The minimum absolute atomic E-state index is 0.0173. The van der Waals surface area contributed by atoms with Gasteiger partial charge in [0.25, 0.3) is 0 Å². The number of fused-ring (bicyclic) bond motifs is 2. The Morgan fingerprint density at radius 2 is 2.06 bits per heavy atom. The molecule has 178 valence electrons. The molecule has 4 N–H and O–H groups in total. The third kappa shape index (κ3) is 5.19. The summed E-state index contributed by atoms with van der Waals surface area (Å²) in [6.45, 7) is 0.708. The maximum Gasteiger partial charge on any atom is 0.235 e. The number of ether oxygens (including phenoxy) is 1. The Morgan fingerprint density at radius 3 is 2.88 bits per heavy atom. The van der Waals surface area contributed by atoms with Gasteiger partial charge >= 0.3 is 0 Å². The van der Waals surface area contributed by atoms with Gasteiger partial charge in [0, 0.05) is 30.2 Å². The van der Waals surface area contributed by atoms with Crippen LogP contribution in [0.15, 0.2) is 47.5 Å². The number of pyridine rings is 2. The molecule has 3 aromatic rings. The molecule has 7 nitrogen and oxygen atoms in total. The first-order valence-corrected chi connectivity index (χ1v) is 12.9. The number of hydrogen-bond acceptors (Lipinski definition) is 7. The van der Waals surface area contributed by atoms with Crippen LogP contribution >= 0.6 is 11.8 Å². The van der Waals surface area contributed by atoms with Crippen LogP contribution in [0.4, 0.5) is 5.82 Å². The quantitative estimate of drug-likeness (QED) is 0.474. The maximum atomic E-state index is 11.6. The average molecular weight is 478 g/mol. The van der Waals surface area contributed by atoms with Gasteiger partial charge in [-0.3, -0.25) is 9.78 Å². The van der Waals surface area contributed by atoms with E-state index in [-0.39, 0.29) is 11.9 Å². The normalized spacial score (nSPS) is 21.1. The molecule has 1 amide bonds. The number of carbonyl (C=O) groups is 1. The van der Waals surface area contributed by atoms with Crippen LogP contribution in [0.2, 0.25) is 0 Å². The van der Waals surface area contributed by atoms with Crippen LogP contribution in [-0.2, 0) is 17.8 Å². The van der Waals surface area contributed by atoms with E-state index in [0.717, 1.165) is 59.3 Å². The number of nitrogens with zero attached hydrogens (tertiary/aromatic N) is 2. The summed E-state index contributed by atoms with van der Waals surface area (Å²) in [5.41, 5.74) is 9.88. The molecule has 2 aromatic heterocycles. The molecule has 8 heteroatoms. The smallest absolute Gasteiger partial charge is 0.235 e. The van der Waals surface area contributed by atoms with Crippen LogP contribution in [0.5, 0.6) is 5.75 Å². The lowest BCUT2D eigenvalue weighted by molar-refractivity contribution is -0.113. The van der Waals surface area contributed by atoms with E-state index in [9.17, 15) is 4.79 Å². The highest BCUT2D eigenvalue weighted by molar-refractivity contribution is 8.00. The number of benzene rings is 1. The topological polar surface area (TPSA) is 102 Å². The van der Waals surface area contributed by atoms with Gasteiger partial charge in [-0.1, -0.05) is 0 Å². The van der Waals surface area contributed by atoms with Crippen molar-refractivity contribution in [2.24, 2.45) is 11.7 Å². The van der Waals surface area contributed by atoms with Gasteiger partial charge in [0.15, 0.2) is 0 Å². The summed E-state index contributed by atoms with van der Waals surface area (Å²) >= 11 is 1.54. The van der Waals surface area contributed by atoms with Crippen molar-refractivity contribution in [3.63, 3.8) is 0 Å². The van der Waals surface area contributed by atoms with Gasteiger partial charge in [0.05, 0.1) is 29.0 Å². The highest BCUT2D eigenvalue weighted by Crippen LogP contribution is 2.31. The Balaban J connectivity index is 1.14. The number of hydrogen-bond donors (Lipinski definition) is 3. The Labute approximate surface area is 204 Å². The van der Waals surface area contributed by atoms with Gasteiger partial charge in [-0.2, -0.15) is 0 Å². The molecule has 3 heterocycles. The van der Waals surface area contributed by atoms with E-state index in [0.29, 0.717) is 30.1 Å². The third-order valence-electron chi connectivity index (χ3n) is 6.98. The van der Waals surface area contributed by atoms with Gasteiger partial charge in [-0.25, -0.2) is 4.98 Å². The molecule has 1 saturated carbocycles. The fourth-order valence-electron chi connectivity index (χ4n) is 5.01. The molecule has 1 fully saturated rings. The van der Waals surface area contributed by atoms with Crippen molar-refractivity contribution < 1.29 is 9.53 Å². The fourth-order valence-corrected chi connectivity index (χ4v) is 5.77. The molecular formula is C26H31N5O2S. The number of anilines is 1. The summed E-state index contributed by atoms with van der Waals surface area (Å²) < 4.78 is 5.41. The Kier molecular flexibility index (Phi) is 6.99. The van der Waals surface area contributed by atoms with Crippen LogP contribution < -0.4 is 21.1 Å². The standard InChI is InChI=1S/C26H31N5O2S/c1-33-20-7-8-23-21(13-20)17(10-11-28-23)12-22(27)16-2-4-18(5-3-16)29-14-19-6-9-24-26(30-19)31-25(32)15-34-24/h6-11,13,16,18,22,29H,2-5,12,14-15,27H2,1H3,(H,30,31,32). The van der Waals surface area contributed by atoms with Crippen LogP contribution in [0.1, 0.15) is 36.9 Å². The summed E-state index contributed by atoms with van der Waals surface area (Å²) in [4.78, 5) is 21.8. The number of nitrogens with one attached hydrogen (secondary N) is 2. The van der Waals surface area contributed by atoms with Crippen LogP contribution in [0.25, 0.3) is 10.9 Å². The van der Waals surface area contributed by atoms with E-state index in [4.69, 9.17) is 10.5 Å². The van der Waals surface area contributed by atoms with Crippen molar-refractivity contribution in [1.29, 1.82) is 0 Å². The maximum absolute atomic E-state index is 11.6. The first kappa shape index (κ1) is 23.1. The summed E-state index contributed by atoms with van der Waals surface area (Å²) in [6.07, 6.45) is 7.18. The number of carbonyl (C=O) groups excluding carboxylic acids is 1. The lowest BCUT2D eigenvalue weighted by atomic mass is 9.79. The molecule has 0 bridgehead atoms. The average Bonchev–Trinajstić information content (AvgIpc) is 2.87. The monoisotopic (exact) mass is 477 g/mol. The highest BCUT2D eigenvalue weighted by atomic mass is 32.2. The van der Waals surface area contributed by atoms with Crippen molar-refractivity contribution >= 4 is 34.4 Å². The Bertz CT molecular complexity index is 1180. The molecule has 0 saturated heterocycles. The minimum Gasteiger partial charge on any atom is -0.497 e. The second-order valence-corrected chi connectivity index (χ2v) is 10.2. The first-order chi connectivity index (χ1) is 16.6. The van der Waals surface area contributed by atoms with Gasteiger partial charge in [0.1, 0.15) is 11.6 Å². The molecule has 0 spiro atoms. The van der Waals surface area contributed by atoms with Crippen LogP contribution in [0, 0.1) is 5.92 Å². The zero-order valence-corrected chi connectivity index (χ0v) is 20.2. The molecule has 1 aromatic carbocycles. The van der Waals surface area contributed by atoms with E-state index in [1.54, 1.807) is 18.9 Å². The van der Waals surface area contributed by atoms with Crippen LogP contribution in [0.3, 0.4) is 0 Å². The summed E-state index contributed by atoms with van der Waals surface area (Å²) in [5, 5.41) is 7.65. The second kappa shape index (κ2) is 10.3. The van der Waals surface area contributed by atoms with E-state index in [2.05, 4.69) is 38.8 Å². The Morgan fingerprint density at radius 1 is 1.21 bits per heavy atom. The fraction of sp³-hybridized carbons (Fsp3) is 0.423. The molecule has 1 unspecified atom stereocenters. The van der Waals surface area contributed by atoms with E-state index < -0.39 is 0 Å². The number of rotatable bonds is 7. The molecule has 5 rings (SSSR count). The molecule has 1 aliphatic carbocycles. The van der Waals surface area contributed by atoms with Crippen molar-refractivity contribution in [2.75, 3.05) is 18.2 Å². The first-order valence-electron chi connectivity index (χ1n) is 11.9. The SMILES string of the molecule is COc1ccc2nccc(CC(N)C3CCC(NCc4ccc5c(n4)NC(=O)CS5)CC3)c2c1. The van der Waals surface area contributed by atoms with Crippen LogP contribution in [-0.4, -0.2) is 40.8 Å². The lowest BCUT2D eigenvalue weighted by Crippen LogP contribution is -2.39. The third-order valence-corrected chi connectivity index (χ3v) is 8.02. The summed E-state index contributed by atoms with van der Waals surface area (Å²) in [5.74, 6) is 2.53. The highest BCUT2D eigenvalue weighted by Gasteiger charge is 2.26. The Hall–Kier alpha value is -2.68. The van der Waals surface area contributed by atoms with Crippen molar-refractivity contribution in [3.05, 3.63) is 53.9 Å². The van der Waals surface area contributed by atoms with Crippen molar-refractivity contribution in [2.45, 2.75) is 55.6 Å². The van der Waals surface area contributed by atoms with E-state index >= 15 is 0 Å². The summed E-state index contributed by atoms with van der Waals surface area (Å²) in [6, 6.07) is 12.8. The molecular weight excluding hydrogens is 446 g/mol. The molecule has 34 heavy (non-hydrogen) atoms. The molecule has 0 radical (unpaired) electrons. The number of amides is 1. The van der Waals surface area contributed by atoms with Gasteiger partial charge in [-0.05, 0) is 80.0 Å². The van der Waals surface area contributed by atoms with E-state index in [1.807, 2.05) is 24.4 Å². The minimum atomic E-state index is 0.0173. The zero-order valence-electron chi connectivity index (χ0n) is 19.4. The zero-order chi connectivity index (χ0) is 23.5. The van der Waals surface area contributed by atoms with Gasteiger partial charge < -0.3 is 21.1 Å². The van der Waals surface area contributed by atoms with E-state index in [1.165, 1.54) is 5.56 Å². The molecule has 2 aliphatic rings. The van der Waals surface area contributed by atoms with Crippen molar-refractivity contribution in [3.8, 4) is 5.75 Å². The molecule has 1 aliphatic heterocycles. The molecule has 1 atom stereocenters. The lowest BCUT2D eigenvalue weighted by Gasteiger charge is -2.33. The number of thioether (sulfide) groups is 1. The van der Waals surface area contributed by atoms with Gasteiger partial charge in [-0.15, -0.1) is 11.8 Å². The second-order valence-electron chi connectivity index (χ2n) is 9.20. The predicted octanol–water partition coefficient (Wildman–Crippen LogP) is 3.90. The predicted molar refractivity (Wildman–Crippen MR) is 136 cm³/mol. The van der Waals surface area contributed by atoms with Crippen molar-refractivity contribution in [1.82, 2.24) is 15.3 Å².